The molecule has 0 aliphatic heterocycles. The lowest BCUT2D eigenvalue weighted by molar-refractivity contribution is -0.125. The lowest BCUT2D eigenvalue weighted by atomic mass is 10.0. The normalized spacial score (nSPS) is 12.0. The molecule has 4 heteroatoms. The van der Waals surface area contributed by atoms with Gasteiger partial charge in [0.05, 0.1) is 12.6 Å². The van der Waals surface area contributed by atoms with Crippen molar-refractivity contribution in [3.63, 3.8) is 0 Å². The van der Waals surface area contributed by atoms with Crippen molar-refractivity contribution < 1.29 is 14.6 Å². The molecular weight excluding hydrogens is 278 g/mol. The molecule has 0 spiro atoms. The van der Waals surface area contributed by atoms with Crippen LogP contribution in [0.1, 0.15) is 17.5 Å². The predicted octanol–water partition coefficient (Wildman–Crippen LogP) is 2.44. The van der Waals surface area contributed by atoms with Crippen molar-refractivity contribution in [2.45, 2.75) is 25.5 Å². The third kappa shape index (κ3) is 5.31. The van der Waals surface area contributed by atoms with Crippen LogP contribution in [0.15, 0.2) is 54.6 Å². The van der Waals surface area contributed by atoms with Gasteiger partial charge < -0.3 is 15.6 Å². The van der Waals surface area contributed by atoms with Crippen LogP contribution in [-0.4, -0.2) is 23.5 Å². The van der Waals surface area contributed by atoms with Crippen LogP contribution in [0.4, 0.5) is 0 Å². The standard InChI is InChI=1S/C18H21NO3/c19-17(11-8-14-6-9-16(20)10-7-14)18(21)13-22-12-15-4-2-1-3-5-15/h1-7,9-10,17,20H,8,11-13,19H2. The first-order valence-electron chi connectivity index (χ1n) is 7.33. The molecule has 0 amide bonds. The number of carbonyl (C=O) groups is 1. The van der Waals surface area contributed by atoms with E-state index in [2.05, 4.69) is 0 Å². The number of Topliss-reactive ketones (excluding diaryl/α,β-unsaturated/α-hetero) is 1. The summed E-state index contributed by atoms with van der Waals surface area (Å²) in [6.45, 7) is 0.447. The smallest absolute Gasteiger partial charge is 0.175 e. The quantitative estimate of drug-likeness (QED) is 0.785. The number of nitrogens with two attached hydrogens (primary N) is 1. The van der Waals surface area contributed by atoms with Gasteiger partial charge >= 0.3 is 0 Å². The van der Waals surface area contributed by atoms with Crippen molar-refractivity contribution >= 4 is 5.78 Å². The molecule has 2 aromatic rings. The summed E-state index contributed by atoms with van der Waals surface area (Å²) in [6, 6.07) is 16.1. The minimum Gasteiger partial charge on any atom is -0.508 e. The monoisotopic (exact) mass is 299 g/mol. The molecule has 22 heavy (non-hydrogen) atoms. The molecule has 0 fully saturated rings. The average Bonchev–Trinajstić information content (AvgIpc) is 2.55. The van der Waals surface area contributed by atoms with E-state index in [1.165, 1.54) is 0 Å². The molecule has 1 atom stereocenters. The lowest BCUT2D eigenvalue weighted by Crippen LogP contribution is -2.33. The lowest BCUT2D eigenvalue weighted by Gasteiger charge is -2.11. The Morgan fingerprint density at radius 2 is 1.73 bits per heavy atom. The van der Waals surface area contributed by atoms with Crippen molar-refractivity contribution in [3.8, 4) is 5.75 Å². The van der Waals surface area contributed by atoms with Crippen molar-refractivity contribution in [1.29, 1.82) is 0 Å². The van der Waals surface area contributed by atoms with Gasteiger partial charge in [0.1, 0.15) is 12.4 Å². The van der Waals surface area contributed by atoms with Crippen LogP contribution >= 0.6 is 0 Å². The topological polar surface area (TPSA) is 72.5 Å². The first-order chi connectivity index (χ1) is 10.6. The van der Waals surface area contributed by atoms with Crippen LogP contribution in [0, 0.1) is 0 Å². The third-order valence-corrected chi connectivity index (χ3v) is 3.45. The number of phenolic OH excluding ortho intramolecular Hbond substituents is 1. The van der Waals surface area contributed by atoms with E-state index in [0.29, 0.717) is 19.4 Å². The number of phenols is 1. The van der Waals surface area contributed by atoms with Gasteiger partial charge in [0, 0.05) is 0 Å². The minimum atomic E-state index is -0.524. The van der Waals surface area contributed by atoms with Gasteiger partial charge in [-0.25, -0.2) is 0 Å². The Labute approximate surface area is 130 Å². The van der Waals surface area contributed by atoms with Gasteiger partial charge in [0.15, 0.2) is 5.78 Å². The molecule has 1 unspecified atom stereocenters. The zero-order valence-corrected chi connectivity index (χ0v) is 12.4. The second-order valence-corrected chi connectivity index (χ2v) is 5.26. The summed E-state index contributed by atoms with van der Waals surface area (Å²) in [5, 5.41) is 9.22. The first kappa shape index (κ1) is 16.2. The maximum Gasteiger partial charge on any atom is 0.175 e. The van der Waals surface area contributed by atoms with E-state index >= 15 is 0 Å². The summed E-state index contributed by atoms with van der Waals surface area (Å²) in [7, 11) is 0. The van der Waals surface area contributed by atoms with Gasteiger partial charge in [-0.15, -0.1) is 0 Å². The first-order valence-corrected chi connectivity index (χ1v) is 7.33. The van der Waals surface area contributed by atoms with E-state index in [9.17, 15) is 9.90 Å². The van der Waals surface area contributed by atoms with Crippen molar-refractivity contribution in [2.75, 3.05) is 6.61 Å². The van der Waals surface area contributed by atoms with Gasteiger partial charge in [-0.2, -0.15) is 0 Å². The Bertz CT molecular complexity index is 581. The Morgan fingerprint density at radius 3 is 2.41 bits per heavy atom. The highest BCUT2D eigenvalue weighted by atomic mass is 16.5. The summed E-state index contributed by atoms with van der Waals surface area (Å²) >= 11 is 0. The van der Waals surface area contributed by atoms with E-state index in [-0.39, 0.29) is 18.1 Å². The van der Waals surface area contributed by atoms with Gasteiger partial charge in [0.2, 0.25) is 0 Å². The van der Waals surface area contributed by atoms with Crippen molar-refractivity contribution in [2.24, 2.45) is 5.73 Å². The number of ketones is 1. The number of aryl methyl sites for hydroxylation is 1. The molecule has 0 saturated heterocycles. The molecule has 0 bridgehead atoms. The average molecular weight is 299 g/mol. The van der Waals surface area contributed by atoms with Crippen LogP contribution in [-0.2, 0) is 22.6 Å². The Kier molecular flexibility index (Phi) is 6.13. The van der Waals surface area contributed by atoms with Crippen molar-refractivity contribution in [3.05, 3.63) is 65.7 Å². The second kappa shape index (κ2) is 8.32. The highest BCUT2D eigenvalue weighted by molar-refractivity contribution is 5.84. The molecule has 2 rings (SSSR count). The van der Waals surface area contributed by atoms with Crippen LogP contribution in [0.25, 0.3) is 0 Å². The molecule has 0 aliphatic carbocycles. The fourth-order valence-electron chi connectivity index (χ4n) is 2.10. The maximum atomic E-state index is 11.9. The highest BCUT2D eigenvalue weighted by Gasteiger charge is 2.13. The fraction of sp³-hybridized carbons (Fsp3) is 0.278. The zero-order valence-electron chi connectivity index (χ0n) is 12.4. The van der Waals surface area contributed by atoms with E-state index < -0.39 is 6.04 Å². The minimum absolute atomic E-state index is 0.0334. The Hall–Kier alpha value is -2.17. The number of ether oxygens (including phenoxy) is 1. The number of aromatic hydroxyl groups is 1. The van der Waals surface area contributed by atoms with Gasteiger partial charge in [0.25, 0.3) is 0 Å². The number of rotatable bonds is 8. The summed E-state index contributed by atoms with van der Waals surface area (Å²) in [6.07, 6.45) is 1.27. The van der Waals surface area contributed by atoms with Crippen LogP contribution < -0.4 is 5.73 Å². The molecule has 0 radical (unpaired) electrons. The molecular formula is C18H21NO3. The molecule has 0 saturated carbocycles. The number of carbonyl (C=O) groups excluding carboxylic acids is 1. The summed E-state index contributed by atoms with van der Waals surface area (Å²) in [5.74, 6) is 0.146. The number of benzene rings is 2. The molecule has 3 N–H and O–H groups in total. The molecule has 116 valence electrons. The molecule has 4 nitrogen and oxygen atoms in total. The second-order valence-electron chi connectivity index (χ2n) is 5.26. The van der Waals surface area contributed by atoms with E-state index in [0.717, 1.165) is 11.1 Å². The summed E-state index contributed by atoms with van der Waals surface area (Å²) in [4.78, 5) is 11.9. The number of hydrogen-bond donors (Lipinski definition) is 2. The van der Waals surface area contributed by atoms with E-state index in [1.807, 2.05) is 42.5 Å². The van der Waals surface area contributed by atoms with E-state index in [1.54, 1.807) is 12.1 Å². The van der Waals surface area contributed by atoms with Gasteiger partial charge in [-0.1, -0.05) is 42.5 Å². The summed E-state index contributed by atoms with van der Waals surface area (Å²) < 4.78 is 5.41. The SMILES string of the molecule is NC(CCc1ccc(O)cc1)C(=O)COCc1ccccc1. The number of hydrogen-bond acceptors (Lipinski definition) is 4. The predicted molar refractivity (Wildman–Crippen MR) is 85.5 cm³/mol. The third-order valence-electron chi connectivity index (χ3n) is 3.45. The Balaban J connectivity index is 1.69. The maximum absolute atomic E-state index is 11.9. The largest absolute Gasteiger partial charge is 0.508 e. The molecule has 0 aliphatic rings. The Morgan fingerprint density at radius 1 is 1.05 bits per heavy atom. The molecule has 2 aromatic carbocycles. The van der Waals surface area contributed by atoms with Gasteiger partial charge in [-0.3, -0.25) is 4.79 Å². The van der Waals surface area contributed by atoms with Gasteiger partial charge in [-0.05, 0) is 36.1 Å². The van der Waals surface area contributed by atoms with Crippen LogP contribution in [0.5, 0.6) is 5.75 Å². The molecule has 0 aromatic heterocycles. The highest BCUT2D eigenvalue weighted by Crippen LogP contribution is 2.12. The molecule has 0 heterocycles. The fourth-order valence-corrected chi connectivity index (χ4v) is 2.10. The van der Waals surface area contributed by atoms with Crippen molar-refractivity contribution in [1.82, 2.24) is 0 Å². The van der Waals surface area contributed by atoms with E-state index in [4.69, 9.17) is 10.5 Å². The zero-order chi connectivity index (χ0) is 15.8. The van der Waals surface area contributed by atoms with Crippen LogP contribution in [0.3, 0.4) is 0 Å². The van der Waals surface area contributed by atoms with Crippen LogP contribution in [0.2, 0.25) is 0 Å². The summed E-state index contributed by atoms with van der Waals surface area (Å²) in [5.41, 5.74) is 7.98.